The van der Waals surface area contributed by atoms with Crippen LogP contribution in [0.5, 0.6) is 0 Å². The molecule has 0 fully saturated rings. The molecule has 0 unspecified atom stereocenters. The number of amides is 1. The third kappa shape index (κ3) is 4.70. The van der Waals surface area contributed by atoms with Gasteiger partial charge in [0.2, 0.25) is 5.91 Å². The lowest BCUT2D eigenvalue weighted by Crippen LogP contribution is -2.24. The fourth-order valence-corrected chi connectivity index (χ4v) is 2.50. The van der Waals surface area contributed by atoms with Crippen LogP contribution in [0.15, 0.2) is 32.8 Å². The number of carbonyl (C=O) groups is 2. The Kier molecular flexibility index (Phi) is 4.89. The molecule has 1 amide bonds. The molecule has 0 aliphatic heterocycles. The molecule has 0 atom stereocenters. The lowest BCUT2D eigenvalue weighted by molar-refractivity contribution is -0.134. The average Bonchev–Trinajstić information content (AvgIpc) is 2.13. The molecule has 6 heteroatoms. The molecule has 0 saturated heterocycles. The largest absolute Gasteiger partial charge is 0.477 e. The van der Waals surface area contributed by atoms with Crippen molar-refractivity contribution >= 4 is 49.8 Å². The summed E-state index contributed by atoms with van der Waals surface area (Å²) in [4.78, 5) is 21.8. The van der Waals surface area contributed by atoms with Gasteiger partial charge in [0.15, 0.2) is 0 Å². The number of benzene rings is 1. The van der Waals surface area contributed by atoms with Gasteiger partial charge in [-0.2, -0.15) is 0 Å². The van der Waals surface area contributed by atoms with Crippen LogP contribution in [0.25, 0.3) is 6.08 Å². The number of hydrogen-bond donors (Lipinski definition) is 2. The molecule has 1 aromatic rings. The van der Waals surface area contributed by atoms with Gasteiger partial charge in [-0.1, -0.05) is 31.9 Å². The Labute approximate surface area is 115 Å². The minimum absolute atomic E-state index is 0.164. The van der Waals surface area contributed by atoms with Gasteiger partial charge in [-0.05, 0) is 29.8 Å². The van der Waals surface area contributed by atoms with Gasteiger partial charge >= 0.3 is 5.97 Å². The molecule has 1 rings (SSSR count). The first-order chi connectivity index (χ1) is 7.88. The van der Waals surface area contributed by atoms with Gasteiger partial charge in [-0.3, -0.25) is 4.79 Å². The van der Waals surface area contributed by atoms with Crippen molar-refractivity contribution in [1.29, 1.82) is 0 Å². The van der Waals surface area contributed by atoms with E-state index in [-0.39, 0.29) is 5.70 Å². The van der Waals surface area contributed by atoms with Crippen molar-refractivity contribution in [3.05, 3.63) is 38.4 Å². The van der Waals surface area contributed by atoms with E-state index >= 15 is 0 Å². The second kappa shape index (κ2) is 5.97. The Morgan fingerprint density at radius 3 is 2.18 bits per heavy atom. The van der Waals surface area contributed by atoms with Crippen LogP contribution in [0, 0.1) is 0 Å². The maximum absolute atomic E-state index is 10.9. The summed E-state index contributed by atoms with van der Waals surface area (Å²) < 4.78 is 1.62. The molecule has 4 nitrogen and oxygen atoms in total. The third-order valence-electron chi connectivity index (χ3n) is 1.74. The van der Waals surface area contributed by atoms with Crippen LogP contribution in [0.1, 0.15) is 12.5 Å². The van der Waals surface area contributed by atoms with Gasteiger partial charge in [-0.25, -0.2) is 4.79 Å². The number of carboxylic acid groups (broad SMARTS) is 1. The fourth-order valence-electron chi connectivity index (χ4n) is 1.17. The summed E-state index contributed by atoms with van der Waals surface area (Å²) in [6.45, 7) is 1.26. The van der Waals surface area contributed by atoms with Crippen molar-refractivity contribution in [2.24, 2.45) is 0 Å². The standard InChI is InChI=1S/C11H9Br2NO3/c1-6(15)14-10(11(16)17)4-7-2-8(12)5-9(13)3-7/h2-5H,1H3,(H,14,15)(H,16,17)/b10-4+. The van der Waals surface area contributed by atoms with Gasteiger partial charge in [0.05, 0.1) is 0 Å². The molecule has 0 aromatic heterocycles. The smallest absolute Gasteiger partial charge is 0.352 e. The minimum Gasteiger partial charge on any atom is -0.477 e. The first kappa shape index (κ1) is 13.9. The minimum atomic E-state index is -1.18. The van der Waals surface area contributed by atoms with Gasteiger partial charge < -0.3 is 10.4 Å². The van der Waals surface area contributed by atoms with Crippen LogP contribution in [0.3, 0.4) is 0 Å². The maximum Gasteiger partial charge on any atom is 0.352 e. The molecule has 0 aliphatic carbocycles. The molecule has 0 aliphatic rings. The predicted molar refractivity (Wildman–Crippen MR) is 71.3 cm³/mol. The van der Waals surface area contributed by atoms with E-state index in [0.29, 0.717) is 5.56 Å². The molecule has 90 valence electrons. The van der Waals surface area contributed by atoms with E-state index in [0.717, 1.165) is 8.95 Å². The highest BCUT2D eigenvalue weighted by Gasteiger charge is 2.09. The number of hydrogen-bond acceptors (Lipinski definition) is 2. The molecule has 0 heterocycles. The van der Waals surface area contributed by atoms with E-state index in [2.05, 4.69) is 37.2 Å². The number of rotatable bonds is 3. The van der Waals surface area contributed by atoms with Crippen molar-refractivity contribution < 1.29 is 14.7 Å². The predicted octanol–water partition coefficient (Wildman–Crippen LogP) is 2.77. The normalized spacial score (nSPS) is 11.1. The van der Waals surface area contributed by atoms with E-state index in [4.69, 9.17) is 5.11 Å². The second-order valence-corrected chi connectivity index (χ2v) is 5.08. The molecular weight excluding hydrogens is 354 g/mol. The number of carbonyl (C=O) groups excluding carboxylic acids is 1. The highest BCUT2D eigenvalue weighted by Crippen LogP contribution is 2.21. The van der Waals surface area contributed by atoms with Gasteiger partial charge in [-0.15, -0.1) is 0 Å². The topological polar surface area (TPSA) is 66.4 Å². The van der Waals surface area contributed by atoms with E-state index in [1.54, 1.807) is 12.1 Å². The zero-order chi connectivity index (χ0) is 13.0. The van der Waals surface area contributed by atoms with E-state index in [9.17, 15) is 9.59 Å². The Bertz CT molecular complexity index is 477. The summed E-state index contributed by atoms with van der Waals surface area (Å²) in [6, 6.07) is 5.32. The SMILES string of the molecule is CC(=O)N/C(=C/c1cc(Br)cc(Br)c1)C(=O)O. The summed E-state index contributed by atoms with van der Waals surface area (Å²) in [5, 5.41) is 11.2. The zero-order valence-electron chi connectivity index (χ0n) is 8.83. The van der Waals surface area contributed by atoms with Gasteiger partial charge in [0, 0.05) is 15.9 Å². The van der Waals surface area contributed by atoms with Crippen molar-refractivity contribution in [1.82, 2.24) is 5.32 Å². The van der Waals surface area contributed by atoms with Crippen molar-refractivity contribution in [3.63, 3.8) is 0 Å². The van der Waals surface area contributed by atoms with Crippen LogP contribution in [0.2, 0.25) is 0 Å². The number of halogens is 2. The molecule has 0 radical (unpaired) electrons. The quantitative estimate of drug-likeness (QED) is 0.812. The monoisotopic (exact) mass is 361 g/mol. The van der Waals surface area contributed by atoms with Crippen LogP contribution in [0.4, 0.5) is 0 Å². The highest BCUT2D eigenvalue weighted by molar-refractivity contribution is 9.11. The summed E-state index contributed by atoms with van der Waals surface area (Å²) in [5.41, 5.74) is 0.500. The molecule has 0 spiro atoms. The van der Waals surface area contributed by atoms with Crippen molar-refractivity contribution in [2.45, 2.75) is 6.92 Å². The van der Waals surface area contributed by atoms with Gasteiger partial charge in [0.25, 0.3) is 0 Å². The summed E-state index contributed by atoms with van der Waals surface area (Å²) >= 11 is 6.59. The highest BCUT2D eigenvalue weighted by atomic mass is 79.9. The van der Waals surface area contributed by atoms with E-state index in [1.165, 1.54) is 13.0 Å². The Balaban J connectivity index is 3.12. The Hall–Kier alpha value is -1.14. The third-order valence-corrected chi connectivity index (χ3v) is 2.65. The average molecular weight is 363 g/mol. The van der Waals surface area contributed by atoms with Crippen LogP contribution in [-0.2, 0) is 9.59 Å². The van der Waals surface area contributed by atoms with Crippen LogP contribution >= 0.6 is 31.9 Å². The molecule has 0 saturated carbocycles. The zero-order valence-corrected chi connectivity index (χ0v) is 12.0. The number of aliphatic carboxylic acids is 1. The first-order valence-corrected chi connectivity index (χ1v) is 6.16. The van der Waals surface area contributed by atoms with Crippen molar-refractivity contribution in [2.75, 3.05) is 0 Å². The lowest BCUT2D eigenvalue weighted by Gasteiger charge is -2.04. The summed E-state index contributed by atoms with van der Waals surface area (Å²) in [7, 11) is 0. The second-order valence-electron chi connectivity index (χ2n) is 3.25. The molecule has 1 aromatic carbocycles. The summed E-state index contributed by atoms with van der Waals surface area (Å²) in [5.74, 6) is -1.61. The van der Waals surface area contributed by atoms with E-state index in [1.807, 2.05) is 6.07 Å². The molecular formula is C11H9Br2NO3. The number of nitrogens with one attached hydrogen (secondary N) is 1. The molecule has 0 bridgehead atoms. The fraction of sp³-hybridized carbons (Fsp3) is 0.0909. The van der Waals surface area contributed by atoms with Crippen LogP contribution in [-0.4, -0.2) is 17.0 Å². The lowest BCUT2D eigenvalue weighted by atomic mass is 10.2. The van der Waals surface area contributed by atoms with E-state index < -0.39 is 11.9 Å². The van der Waals surface area contributed by atoms with Crippen molar-refractivity contribution in [3.8, 4) is 0 Å². The Morgan fingerprint density at radius 2 is 1.76 bits per heavy atom. The molecule has 2 N–H and O–H groups in total. The molecule has 17 heavy (non-hydrogen) atoms. The first-order valence-electron chi connectivity index (χ1n) is 4.57. The summed E-state index contributed by atoms with van der Waals surface area (Å²) in [6.07, 6.45) is 1.39. The number of carboxylic acids is 1. The van der Waals surface area contributed by atoms with Gasteiger partial charge in [0.1, 0.15) is 5.70 Å². The van der Waals surface area contributed by atoms with Crippen LogP contribution < -0.4 is 5.32 Å². The maximum atomic E-state index is 10.9. The Morgan fingerprint density at radius 1 is 1.24 bits per heavy atom.